The van der Waals surface area contributed by atoms with Gasteiger partial charge in [-0.1, -0.05) is 12.1 Å². The van der Waals surface area contributed by atoms with Gasteiger partial charge in [0.1, 0.15) is 31.0 Å². The van der Waals surface area contributed by atoms with E-state index in [2.05, 4.69) is 0 Å². The average Bonchev–Trinajstić information content (AvgIpc) is 3.20. The Kier molecular flexibility index (Phi) is 7.95. The SMILES string of the molecule is O=C(C=Cc1ccc(O)c(O)c1)OCC1=C[C@@H](O)[C@@H]2C=CO[C@@H](O[C@@H]3O[C@H](CO)[C@@H](O)[C@H](O)[C@H]3O)[C@H]12. The van der Waals surface area contributed by atoms with Crippen molar-refractivity contribution in [1.29, 1.82) is 0 Å². The van der Waals surface area contributed by atoms with Gasteiger partial charge >= 0.3 is 5.97 Å². The first-order valence-electron chi connectivity index (χ1n) is 11.2. The summed E-state index contributed by atoms with van der Waals surface area (Å²) in [5.74, 6) is -2.46. The van der Waals surface area contributed by atoms with Crippen molar-refractivity contribution in [2.75, 3.05) is 13.2 Å². The normalized spacial score (nSPS) is 35.8. The molecule has 0 aromatic heterocycles. The molecule has 0 radical (unpaired) electrons. The second-order valence-electron chi connectivity index (χ2n) is 8.69. The number of aliphatic hydroxyl groups is 5. The molecular formula is C24H28O12. The Morgan fingerprint density at radius 3 is 2.53 bits per heavy atom. The van der Waals surface area contributed by atoms with Gasteiger partial charge in [0.05, 0.1) is 24.9 Å². The van der Waals surface area contributed by atoms with E-state index in [1.807, 2.05) is 0 Å². The third-order valence-corrected chi connectivity index (χ3v) is 6.34. The molecule has 196 valence electrons. The number of carbonyl (C=O) groups excluding carboxylic acids is 1. The van der Waals surface area contributed by atoms with Gasteiger partial charge in [0.25, 0.3) is 0 Å². The van der Waals surface area contributed by atoms with Crippen molar-refractivity contribution < 1.29 is 59.5 Å². The van der Waals surface area contributed by atoms with E-state index in [1.54, 1.807) is 6.08 Å². The predicted molar refractivity (Wildman–Crippen MR) is 120 cm³/mol. The largest absolute Gasteiger partial charge is 0.504 e. The molecule has 1 fully saturated rings. The number of phenols is 2. The zero-order chi connectivity index (χ0) is 26.0. The minimum atomic E-state index is -1.64. The van der Waals surface area contributed by atoms with E-state index in [0.29, 0.717) is 11.1 Å². The van der Waals surface area contributed by atoms with Crippen LogP contribution in [0.25, 0.3) is 6.08 Å². The lowest BCUT2D eigenvalue weighted by Gasteiger charge is -2.42. The number of aliphatic hydroxyl groups excluding tert-OH is 5. The molecule has 1 aromatic rings. The molecule has 0 saturated carbocycles. The Hall–Kier alpha value is -2.97. The molecule has 2 heterocycles. The van der Waals surface area contributed by atoms with E-state index in [0.717, 1.165) is 6.08 Å². The molecule has 12 nitrogen and oxygen atoms in total. The van der Waals surface area contributed by atoms with Crippen LogP contribution in [0.3, 0.4) is 0 Å². The number of ether oxygens (including phenoxy) is 4. The van der Waals surface area contributed by atoms with Crippen molar-refractivity contribution in [2.45, 2.75) is 43.1 Å². The van der Waals surface area contributed by atoms with E-state index >= 15 is 0 Å². The number of hydrogen-bond acceptors (Lipinski definition) is 12. The summed E-state index contributed by atoms with van der Waals surface area (Å²) in [5, 5.41) is 69.0. The Morgan fingerprint density at radius 2 is 1.81 bits per heavy atom. The second-order valence-corrected chi connectivity index (χ2v) is 8.69. The molecule has 1 aromatic carbocycles. The number of esters is 1. The van der Waals surface area contributed by atoms with E-state index < -0.39 is 67.5 Å². The van der Waals surface area contributed by atoms with E-state index in [-0.39, 0.29) is 18.1 Å². The smallest absolute Gasteiger partial charge is 0.331 e. The second kappa shape index (κ2) is 11.0. The summed E-state index contributed by atoms with van der Waals surface area (Å²) in [6.45, 7) is -0.840. The molecule has 0 spiro atoms. The zero-order valence-electron chi connectivity index (χ0n) is 18.9. The van der Waals surface area contributed by atoms with E-state index in [9.17, 15) is 40.5 Å². The molecule has 0 bridgehead atoms. The summed E-state index contributed by atoms with van der Waals surface area (Å²) in [6, 6.07) is 4.04. The number of fused-ring (bicyclic) bond motifs is 1. The van der Waals surface area contributed by atoms with Crippen LogP contribution in [-0.2, 0) is 23.7 Å². The Morgan fingerprint density at radius 1 is 1.03 bits per heavy atom. The fourth-order valence-electron chi connectivity index (χ4n) is 4.37. The quantitative estimate of drug-likeness (QED) is 0.102. The molecule has 0 unspecified atom stereocenters. The number of carbonyl (C=O) groups is 1. The summed E-state index contributed by atoms with van der Waals surface area (Å²) in [6.07, 6.45) is -2.53. The molecule has 0 amide bonds. The van der Waals surface area contributed by atoms with Crippen molar-refractivity contribution >= 4 is 12.0 Å². The Bertz CT molecular complexity index is 1030. The van der Waals surface area contributed by atoms with Gasteiger partial charge in [-0.3, -0.25) is 0 Å². The monoisotopic (exact) mass is 508 g/mol. The molecule has 2 aliphatic heterocycles. The van der Waals surface area contributed by atoms with Gasteiger partial charge in [-0.15, -0.1) is 0 Å². The van der Waals surface area contributed by atoms with Gasteiger partial charge in [0.15, 0.2) is 17.8 Å². The first-order valence-corrected chi connectivity index (χ1v) is 11.2. The maximum atomic E-state index is 12.2. The summed E-state index contributed by atoms with van der Waals surface area (Å²) >= 11 is 0. The van der Waals surface area contributed by atoms with Crippen molar-refractivity contribution in [3.8, 4) is 11.5 Å². The van der Waals surface area contributed by atoms with Crippen LogP contribution in [-0.4, -0.2) is 98.0 Å². The molecule has 3 aliphatic rings. The molecule has 4 rings (SSSR count). The van der Waals surface area contributed by atoms with Gasteiger partial charge in [0, 0.05) is 12.0 Å². The third-order valence-electron chi connectivity index (χ3n) is 6.34. The highest BCUT2D eigenvalue weighted by Crippen LogP contribution is 2.41. The predicted octanol–water partition coefficient (Wildman–Crippen LogP) is -1.13. The maximum absolute atomic E-state index is 12.2. The highest BCUT2D eigenvalue weighted by atomic mass is 16.8. The number of hydrogen-bond donors (Lipinski definition) is 7. The van der Waals surface area contributed by atoms with Crippen LogP contribution in [0.2, 0.25) is 0 Å². The van der Waals surface area contributed by atoms with Crippen LogP contribution in [0.1, 0.15) is 5.56 Å². The summed E-state index contributed by atoms with van der Waals surface area (Å²) in [7, 11) is 0. The summed E-state index contributed by atoms with van der Waals surface area (Å²) < 4.78 is 21.9. The summed E-state index contributed by atoms with van der Waals surface area (Å²) in [5.41, 5.74) is 0.937. The van der Waals surface area contributed by atoms with Gasteiger partial charge < -0.3 is 54.7 Å². The Labute approximate surface area is 205 Å². The van der Waals surface area contributed by atoms with Crippen molar-refractivity contribution in [1.82, 2.24) is 0 Å². The number of aromatic hydroxyl groups is 2. The Balaban J connectivity index is 1.41. The standard InChI is InChI=1S/C24H28O12/c25-9-17-20(30)21(31)22(32)24(35-17)36-23-19-12(8-15(27)13(19)5-6-33-23)10-34-18(29)4-2-11-1-3-14(26)16(28)7-11/h1-8,13,15,17,19-28,30-32H,9-10H2/t13-,15+,17+,19+,20+,21-,22+,23-,24-/m0/s1. The molecule has 7 N–H and O–H groups in total. The van der Waals surface area contributed by atoms with E-state index in [1.165, 1.54) is 36.6 Å². The minimum Gasteiger partial charge on any atom is -0.504 e. The van der Waals surface area contributed by atoms with Crippen LogP contribution in [0.5, 0.6) is 11.5 Å². The number of rotatable bonds is 7. The molecule has 12 heteroatoms. The van der Waals surface area contributed by atoms with Gasteiger partial charge in [-0.05, 0) is 35.4 Å². The molecule has 36 heavy (non-hydrogen) atoms. The molecule has 1 saturated heterocycles. The van der Waals surface area contributed by atoms with Crippen LogP contribution in [0.15, 0.2) is 48.3 Å². The van der Waals surface area contributed by atoms with Crippen LogP contribution in [0, 0.1) is 11.8 Å². The van der Waals surface area contributed by atoms with Crippen molar-refractivity contribution in [2.24, 2.45) is 11.8 Å². The third kappa shape index (κ3) is 5.39. The maximum Gasteiger partial charge on any atom is 0.331 e. The van der Waals surface area contributed by atoms with Crippen molar-refractivity contribution in [3.63, 3.8) is 0 Å². The van der Waals surface area contributed by atoms with Crippen LogP contribution in [0.4, 0.5) is 0 Å². The van der Waals surface area contributed by atoms with Gasteiger partial charge in [-0.25, -0.2) is 4.79 Å². The number of phenolic OH excluding ortho intramolecular Hbond substituents is 2. The first-order chi connectivity index (χ1) is 17.2. The highest BCUT2D eigenvalue weighted by molar-refractivity contribution is 5.87. The topological polar surface area (TPSA) is 196 Å². The lowest BCUT2D eigenvalue weighted by atomic mass is 9.88. The lowest BCUT2D eigenvalue weighted by Crippen LogP contribution is -2.60. The number of benzene rings is 1. The molecule has 9 atom stereocenters. The van der Waals surface area contributed by atoms with E-state index in [4.69, 9.17) is 18.9 Å². The first kappa shape index (κ1) is 26.1. The average molecular weight is 508 g/mol. The fraction of sp³-hybridized carbons (Fsp3) is 0.458. The van der Waals surface area contributed by atoms with Crippen molar-refractivity contribution in [3.05, 3.63) is 53.8 Å². The summed E-state index contributed by atoms with van der Waals surface area (Å²) in [4.78, 5) is 12.2. The molecule has 1 aliphatic carbocycles. The minimum absolute atomic E-state index is 0.214. The van der Waals surface area contributed by atoms with Gasteiger partial charge in [0.2, 0.25) is 6.29 Å². The van der Waals surface area contributed by atoms with Crippen LogP contribution < -0.4 is 0 Å². The molecular weight excluding hydrogens is 480 g/mol. The fourth-order valence-corrected chi connectivity index (χ4v) is 4.37. The lowest BCUT2D eigenvalue weighted by molar-refractivity contribution is -0.339. The highest BCUT2D eigenvalue weighted by Gasteiger charge is 2.49. The van der Waals surface area contributed by atoms with Crippen LogP contribution >= 0.6 is 0 Å². The van der Waals surface area contributed by atoms with Gasteiger partial charge in [-0.2, -0.15) is 0 Å². The zero-order valence-corrected chi connectivity index (χ0v) is 18.9.